The van der Waals surface area contributed by atoms with E-state index in [4.69, 9.17) is 32.9 Å². The molecular formula is C22H17Cl2N3O2. The summed E-state index contributed by atoms with van der Waals surface area (Å²) >= 11 is 12.3. The number of amides is 1. The lowest BCUT2D eigenvalue weighted by atomic mass is 10.1. The van der Waals surface area contributed by atoms with Gasteiger partial charge in [0, 0.05) is 17.3 Å². The van der Waals surface area contributed by atoms with Crippen LogP contribution in [-0.2, 0) is 0 Å². The van der Waals surface area contributed by atoms with Gasteiger partial charge in [-0.15, -0.1) is 0 Å². The number of carbonyl (C=O) groups excluding carboxylic acids is 1. The summed E-state index contributed by atoms with van der Waals surface area (Å²) in [7, 11) is 1.56. The van der Waals surface area contributed by atoms with E-state index in [2.05, 4.69) is 5.32 Å². The van der Waals surface area contributed by atoms with Gasteiger partial charge in [-0.2, -0.15) is 0 Å². The van der Waals surface area contributed by atoms with E-state index in [1.807, 2.05) is 35.7 Å². The minimum absolute atomic E-state index is 0.270. The fourth-order valence-electron chi connectivity index (χ4n) is 3.11. The molecule has 0 aliphatic heterocycles. The van der Waals surface area contributed by atoms with Crippen molar-refractivity contribution in [3.8, 4) is 17.0 Å². The predicted octanol–water partition coefficient (Wildman–Crippen LogP) is 5.88. The Morgan fingerprint density at radius 1 is 1.07 bits per heavy atom. The molecule has 0 atom stereocenters. The highest BCUT2D eigenvalue weighted by Crippen LogP contribution is 2.34. The van der Waals surface area contributed by atoms with Gasteiger partial charge in [0.05, 0.1) is 17.2 Å². The third-order valence-electron chi connectivity index (χ3n) is 4.60. The monoisotopic (exact) mass is 425 g/mol. The van der Waals surface area contributed by atoms with Crippen molar-refractivity contribution in [1.82, 2.24) is 9.38 Å². The van der Waals surface area contributed by atoms with Crippen LogP contribution in [-0.4, -0.2) is 22.4 Å². The summed E-state index contributed by atoms with van der Waals surface area (Å²) in [4.78, 5) is 17.7. The summed E-state index contributed by atoms with van der Waals surface area (Å²) in [6.45, 7) is 1.97. The SMILES string of the molecule is COc1cccc(C(=O)Nc2c(-c3ccc(Cl)c(Cl)c3)nc3c(C)cccn23)c1. The molecule has 146 valence electrons. The van der Waals surface area contributed by atoms with Gasteiger partial charge in [0.25, 0.3) is 5.91 Å². The van der Waals surface area contributed by atoms with Crippen molar-refractivity contribution >= 4 is 40.6 Å². The molecule has 5 nitrogen and oxygen atoms in total. The molecular weight excluding hydrogens is 409 g/mol. The maximum Gasteiger partial charge on any atom is 0.256 e. The minimum Gasteiger partial charge on any atom is -0.497 e. The second kappa shape index (κ2) is 7.78. The number of pyridine rings is 1. The first kappa shape index (κ1) is 19.3. The third-order valence-corrected chi connectivity index (χ3v) is 5.34. The highest BCUT2D eigenvalue weighted by atomic mass is 35.5. The molecule has 0 aliphatic rings. The number of benzene rings is 2. The number of hydrogen-bond acceptors (Lipinski definition) is 3. The van der Waals surface area contributed by atoms with E-state index >= 15 is 0 Å². The van der Waals surface area contributed by atoms with Crippen LogP contribution in [0.5, 0.6) is 5.75 Å². The van der Waals surface area contributed by atoms with Gasteiger partial charge in [-0.25, -0.2) is 4.98 Å². The Kier molecular flexibility index (Phi) is 5.18. The van der Waals surface area contributed by atoms with Crippen LogP contribution in [0.3, 0.4) is 0 Å². The summed E-state index contributed by atoms with van der Waals surface area (Å²) in [6, 6.07) is 16.1. The Hall–Kier alpha value is -3.02. The van der Waals surface area contributed by atoms with E-state index in [1.165, 1.54) is 0 Å². The van der Waals surface area contributed by atoms with Crippen LogP contribution in [0.4, 0.5) is 5.82 Å². The Morgan fingerprint density at radius 3 is 2.66 bits per heavy atom. The smallest absolute Gasteiger partial charge is 0.256 e. The van der Waals surface area contributed by atoms with Crippen molar-refractivity contribution in [3.63, 3.8) is 0 Å². The van der Waals surface area contributed by atoms with E-state index in [1.54, 1.807) is 43.5 Å². The second-order valence-corrected chi connectivity index (χ2v) is 7.32. The average Bonchev–Trinajstić information content (AvgIpc) is 3.10. The van der Waals surface area contributed by atoms with E-state index in [-0.39, 0.29) is 5.91 Å². The van der Waals surface area contributed by atoms with Crippen molar-refractivity contribution in [2.45, 2.75) is 6.92 Å². The molecule has 4 aromatic rings. The third kappa shape index (κ3) is 3.67. The molecule has 29 heavy (non-hydrogen) atoms. The lowest BCUT2D eigenvalue weighted by molar-refractivity contribution is 0.102. The van der Waals surface area contributed by atoms with Gasteiger partial charge < -0.3 is 10.1 Å². The molecule has 2 aromatic heterocycles. The summed E-state index contributed by atoms with van der Waals surface area (Å²) in [6.07, 6.45) is 1.86. The predicted molar refractivity (Wildman–Crippen MR) is 116 cm³/mol. The average molecular weight is 426 g/mol. The number of anilines is 1. The zero-order chi connectivity index (χ0) is 20.5. The molecule has 4 rings (SSSR count). The number of aryl methyl sites for hydroxylation is 1. The standard InChI is InChI=1S/C22H17Cl2N3O2/c1-13-5-4-10-27-20(13)25-19(14-8-9-17(23)18(24)12-14)21(27)26-22(28)15-6-3-7-16(11-15)29-2/h3-12H,1-2H3,(H,26,28). The summed E-state index contributed by atoms with van der Waals surface area (Å²) in [5, 5.41) is 3.87. The van der Waals surface area contributed by atoms with Crippen molar-refractivity contribution in [2.24, 2.45) is 0 Å². The topological polar surface area (TPSA) is 55.6 Å². The molecule has 2 aromatic carbocycles. The molecule has 0 saturated heterocycles. The van der Waals surface area contributed by atoms with Crippen LogP contribution in [0.15, 0.2) is 60.8 Å². The van der Waals surface area contributed by atoms with Gasteiger partial charge in [-0.05, 0) is 48.9 Å². The highest BCUT2D eigenvalue weighted by Gasteiger charge is 2.19. The summed E-state index contributed by atoms with van der Waals surface area (Å²) in [5.41, 5.74) is 3.56. The van der Waals surface area contributed by atoms with Gasteiger partial charge in [0.1, 0.15) is 22.9 Å². The fraction of sp³-hybridized carbons (Fsp3) is 0.0909. The minimum atomic E-state index is -0.270. The summed E-state index contributed by atoms with van der Waals surface area (Å²) in [5.74, 6) is 0.889. The van der Waals surface area contributed by atoms with Gasteiger partial charge in [0.15, 0.2) is 0 Å². The van der Waals surface area contributed by atoms with Gasteiger partial charge in [-0.1, -0.05) is 41.4 Å². The number of nitrogens with zero attached hydrogens (tertiary/aromatic N) is 2. The molecule has 0 aliphatic carbocycles. The maximum absolute atomic E-state index is 13.0. The second-order valence-electron chi connectivity index (χ2n) is 6.51. The van der Waals surface area contributed by atoms with Gasteiger partial charge in [0.2, 0.25) is 0 Å². The highest BCUT2D eigenvalue weighted by molar-refractivity contribution is 6.42. The molecule has 2 heterocycles. The number of carbonyl (C=O) groups is 1. The molecule has 0 spiro atoms. The zero-order valence-corrected chi connectivity index (χ0v) is 17.3. The number of aromatic nitrogens is 2. The normalized spacial score (nSPS) is 10.9. The lowest BCUT2D eigenvalue weighted by Gasteiger charge is -2.09. The maximum atomic E-state index is 13.0. The number of ether oxygens (including phenoxy) is 1. The lowest BCUT2D eigenvalue weighted by Crippen LogP contribution is -2.14. The largest absolute Gasteiger partial charge is 0.497 e. The Morgan fingerprint density at radius 2 is 1.90 bits per heavy atom. The Labute approximate surface area is 177 Å². The van der Waals surface area contributed by atoms with Crippen LogP contribution < -0.4 is 10.1 Å². The van der Waals surface area contributed by atoms with Gasteiger partial charge >= 0.3 is 0 Å². The number of fused-ring (bicyclic) bond motifs is 1. The molecule has 7 heteroatoms. The summed E-state index contributed by atoms with van der Waals surface area (Å²) < 4.78 is 7.07. The quantitative estimate of drug-likeness (QED) is 0.444. The van der Waals surface area contributed by atoms with E-state index in [0.29, 0.717) is 32.9 Å². The van der Waals surface area contributed by atoms with Crippen LogP contribution >= 0.6 is 23.2 Å². The van der Waals surface area contributed by atoms with E-state index in [9.17, 15) is 4.79 Å². The van der Waals surface area contributed by atoms with Crippen molar-refractivity contribution < 1.29 is 9.53 Å². The first-order chi connectivity index (χ1) is 14.0. The van der Waals surface area contributed by atoms with Crippen molar-refractivity contribution in [3.05, 3.63) is 82.0 Å². The molecule has 0 fully saturated rings. The number of hydrogen-bond donors (Lipinski definition) is 1. The molecule has 0 bridgehead atoms. The van der Waals surface area contributed by atoms with E-state index < -0.39 is 0 Å². The van der Waals surface area contributed by atoms with Crippen LogP contribution in [0.25, 0.3) is 16.9 Å². The van der Waals surface area contributed by atoms with Crippen LogP contribution in [0.1, 0.15) is 15.9 Å². The van der Waals surface area contributed by atoms with Crippen LogP contribution in [0.2, 0.25) is 10.0 Å². The van der Waals surface area contributed by atoms with Crippen molar-refractivity contribution in [2.75, 3.05) is 12.4 Å². The fourth-order valence-corrected chi connectivity index (χ4v) is 3.41. The molecule has 1 amide bonds. The Bertz CT molecular complexity index is 1230. The number of methoxy groups -OCH3 is 1. The van der Waals surface area contributed by atoms with Crippen molar-refractivity contribution in [1.29, 1.82) is 0 Å². The Balaban J connectivity index is 1.84. The molecule has 0 unspecified atom stereocenters. The number of imidazole rings is 1. The van der Waals surface area contributed by atoms with Crippen LogP contribution in [0, 0.1) is 6.92 Å². The first-order valence-electron chi connectivity index (χ1n) is 8.86. The first-order valence-corrected chi connectivity index (χ1v) is 9.62. The number of rotatable bonds is 4. The number of nitrogens with one attached hydrogen (secondary N) is 1. The molecule has 1 N–H and O–H groups in total. The molecule has 0 saturated carbocycles. The molecule has 0 radical (unpaired) electrons. The van der Waals surface area contributed by atoms with Gasteiger partial charge in [-0.3, -0.25) is 9.20 Å². The van der Waals surface area contributed by atoms with E-state index in [0.717, 1.165) is 16.8 Å². The zero-order valence-electron chi connectivity index (χ0n) is 15.7. The number of halogens is 2.